The predicted molar refractivity (Wildman–Crippen MR) is 106 cm³/mol. The van der Waals surface area contributed by atoms with Crippen molar-refractivity contribution in [2.45, 2.75) is 63.0 Å². The van der Waals surface area contributed by atoms with Gasteiger partial charge >= 0.3 is 5.25 Å². The molecule has 3 atom stereocenters. The van der Waals surface area contributed by atoms with Gasteiger partial charge in [-0.15, -0.1) is 13.1 Å². The summed E-state index contributed by atoms with van der Waals surface area (Å²) in [7, 11) is 3.10. The highest BCUT2D eigenvalue weighted by Gasteiger charge is 2.50. The molecule has 0 radical (unpaired) electrons. The molecular formula is C20H31F2NO4S. The van der Waals surface area contributed by atoms with Gasteiger partial charge in [-0.3, -0.25) is 0 Å². The average molecular weight is 420 g/mol. The predicted octanol–water partition coefficient (Wildman–Crippen LogP) is 4.09. The van der Waals surface area contributed by atoms with Crippen LogP contribution in [0.25, 0.3) is 0 Å². The minimum absolute atomic E-state index is 0.122. The maximum Gasteiger partial charge on any atom is 0.453 e. The normalized spacial score (nSPS) is 19.4. The summed E-state index contributed by atoms with van der Waals surface area (Å²) < 4.78 is 60.5. The molecule has 1 aliphatic heterocycles. The second-order valence-corrected chi connectivity index (χ2v) is 8.52. The zero-order chi connectivity index (χ0) is 20.7. The molecule has 0 bridgehead atoms. The van der Waals surface area contributed by atoms with E-state index in [1.54, 1.807) is 13.2 Å². The number of rotatable bonds is 10. The first-order valence-electron chi connectivity index (χ1n) is 9.75. The number of hydrogen-bond acceptors (Lipinski definition) is 5. The van der Waals surface area contributed by atoms with E-state index in [1.807, 2.05) is 13.8 Å². The van der Waals surface area contributed by atoms with E-state index >= 15 is 0 Å². The molecule has 2 rings (SSSR count). The van der Waals surface area contributed by atoms with Gasteiger partial charge in [-0.2, -0.15) is 0 Å². The van der Waals surface area contributed by atoms with Crippen molar-refractivity contribution in [3.8, 4) is 5.75 Å². The van der Waals surface area contributed by atoms with Crippen molar-refractivity contribution in [2.24, 2.45) is 0 Å². The van der Waals surface area contributed by atoms with Crippen LogP contribution in [0.1, 0.15) is 45.1 Å². The monoisotopic (exact) mass is 419 g/mol. The highest BCUT2D eigenvalue weighted by atomic mass is 32.2. The molecule has 0 aromatic heterocycles. The molecule has 8 heteroatoms. The molecular weight excluding hydrogens is 388 g/mol. The fraction of sp³-hybridized carbons (Fsp3) is 0.700. The van der Waals surface area contributed by atoms with Crippen molar-refractivity contribution in [3.63, 3.8) is 0 Å². The summed E-state index contributed by atoms with van der Waals surface area (Å²) in [5, 5.41) is -3.51. The quantitative estimate of drug-likeness (QED) is 0.535. The van der Waals surface area contributed by atoms with E-state index in [-0.39, 0.29) is 23.8 Å². The van der Waals surface area contributed by atoms with Gasteiger partial charge in [0.05, 0.1) is 17.7 Å². The van der Waals surface area contributed by atoms with E-state index in [4.69, 9.17) is 14.2 Å². The van der Waals surface area contributed by atoms with Crippen LogP contribution in [0.4, 0.5) is 8.78 Å². The van der Waals surface area contributed by atoms with Crippen molar-refractivity contribution in [1.29, 1.82) is 0 Å². The molecule has 160 valence electrons. The smallest absolute Gasteiger partial charge is 0.453 e. The highest BCUT2D eigenvalue weighted by Crippen LogP contribution is 2.39. The topological polar surface area (TPSA) is 54.0 Å². The molecule has 1 aromatic carbocycles. The summed E-state index contributed by atoms with van der Waals surface area (Å²) in [6.07, 6.45) is 2.26. The third-order valence-electron chi connectivity index (χ3n) is 5.17. The molecule has 0 N–H and O–H groups in total. The molecule has 3 unspecified atom stereocenters. The van der Waals surface area contributed by atoms with E-state index in [1.165, 1.54) is 29.6 Å². The summed E-state index contributed by atoms with van der Waals surface area (Å²) in [4.78, 5) is 0. The minimum Gasteiger partial charge on any atom is -0.593 e. The molecule has 5 nitrogen and oxygen atoms in total. The molecule has 1 fully saturated rings. The van der Waals surface area contributed by atoms with Crippen LogP contribution in [0, 0.1) is 0 Å². The Morgan fingerprint density at radius 1 is 1.25 bits per heavy atom. The van der Waals surface area contributed by atoms with Crippen LogP contribution in [0.15, 0.2) is 24.3 Å². The first kappa shape index (κ1) is 23.3. The largest absolute Gasteiger partial charge is 0.593 e. The molecule has 1 saturated heterocycles. The molecule has 0 aliphatic carbocycles. The Labute approximate surface area is 169 Å². The zero-order valence-corrected chi connectivity index (χ0v) is 17.8. The third-order valence-corrected chi connectivity index (χ3v) is 6.66. The lowest BCUT2D eigenvalue weighted by Crippen LogP contribution is -2.46. The lowest BCUT2D eigenvalue weighted by atomic mass is 10.1. The van der Waals surface area contributed by atoms with Crippen molar-refractivity contribution in [2.75, 3.05) is 27.4 Å². The van der Waals surface area contributed by atoms with Crippen LogP contribution < -0.4 is 4.74 Å². The Hall–Kier alpha value is -0.930. The van der Waals surface area contributed by atoms with Crippen LogP contribution in [-0.2, 0) is 26.1 Å². The highest BCUT2D eigenvalue weighted by molar-refractivity contribution is 7.89. The number of ether oxygens (including phenoxy) is 3. The summed E-state index contributed by atoms with van der Waals surface area (Å²) >= 11 is -2.49. The summed E-state index contributed by atoms with van der Waals surface area (Å²) in [6, 6.07) is 5.52. The number of benzene rings is 1. The SMILES string of the molecule is CCC(OC)C(CC)Oc1cccc(C(F)(F)[S+]([O-])N(C)C2CCOCC2)c1. The van der Waals surface area contributed by atoms with Crippen LogP contribution in [0.3, 0.4) is 0 Å². The standard InChI is InChI=1S/C20H31F2NO4S/c1-5-18(25-4)19(6-2)27-17-9-7-8-15(14-17)20(21,22)28(24)23(3)16-10-12-26-13-11-16/h7-9,14,16,18-19H,5-6,10-13H2,1-4H3. The summed E-state index contributed by atoms with van der Waals surface area (Å²) in [6.45, 7) is 4.94. The van der Waals surface area contributed by atoms with Gasteiger partial charge in [-0.1, -0.05) is 19.9 Å². The lowest BCUT2D eigenvalue weighted by molar-refractivity contribution is -0.00180. The van der Waals surface area contributed by atoms with E-state index in [9.17, 15) is 13.3 Å². The van der Waals surface area contributed by atoms with Gasteiger partial charge in [0.25, 0.3) is 0 Å². The first-order valence-corrected chi connectivity index (χ1v) is 10.9. The van der Waals surface area contributed by atoms with Crippen LogP contribution in [0.5, 0.6) is 5.75 Å². The van der Waals surface area contributed by atoms with Crippen molar-refractivity contribution < 1.29 is 27.5 Å². The molecule has 1 aliphatic rings. The van der Waals surface area contributed by atoms with Crippen molar-refractivity contribution >= 4 is 11.4 Å². The van der Waals surface area contributed by atoms with E-state index < -0.39 is 16.6 Å². The lowest BCUT2D eigenvalue weighted by Gasteiger charge is -2.33. The molecule has 1 aromatic rings. The Balaban J connectivity index is 2.15. The van der Waals surface area contributed by atoms with E-state index in [2.05, 4.69) is 0 Å². The first-order chi connectivity index (χ1) is 13.3. The second-order valence-electron chi connectivity index (χ2n) is 6.93. The van der Waals surface area contributed by atoms with Gasteiger partial charge in [0, 0.05) is 27.4 Å². The van der Waals surface area contributed by atoms with E-state index in [0.717, 1.165) is 6.42 Å². The van der Waals surface area contributed by atoms with Crippen molar-refractivity contribution in [3.05, 3.63) is 29.8 Å². The second kappa shape index (κ2) is 10.7. The Morgan fingerprint density at radius 3 is 2.46 bits per heavy atom. The van der Waals surface area contributed by atoms with Gasteiger partial charge in [0.1, 0.15) is 23.2 Å². The number of nitrogens with zero attached hydrogens (tertiary/aromatic N) is 1. The fourth-order valence-corrected chi connectivity index (χ4v) is 4.57. The number of alkyl halides is 2. The van der Waals surface area contributed by atoms with E-state index in [0.29, 0.717) is 38.2 Å². The van der Waals surface area contributed by atoms with Crippen molar-refractivity contribution in [1.82, 2.24) is 4.31 Å². The fourth-order valence-electron chi connectivity index (χ4n) is 3.39. The zero-order valence-electron chi connectivity index (χ0n) is 17.0. The Bertz CT molecular complexity index is 597. The van der Waals surface area contributed by atoms with Gasteiger partial charge in [-0.05, 0) is 43.9 Å². The maximum absolute atomic E-state index is 15.0. The number of methoxy groups -OCH3 is 1. The number of halogens is 2. The van der Waals surface area contributed by atoms with Gasteiger partial charge < -0.3 is 18.8 Å². The molecule has 28 heavy (non-hydrogen) atoms. The van der Waals surface area contributed by atoms with Crippen LogP contribution >= 0.6 is 0 Å². The minimum atomic E-state index is -3.51. The molecule has 1 heterocycles. The Kier molecular flexibility index (Phi) is 8.95. The summed E-state index contributed by atoms with van der Waals surface area (Å²) in [5.74, 6) is 0.324. The Morgan fingerprint density at radius 2 is 1.89 bits per heavy atom. The average Bonchev–Trinajstić information content (AvgIpc) is 2.73. The maximum atomic E-state index is 15.0. The molecule has 0 amide bonds. The molecule has 0 saturated carbocycles. The number of hydrogen-bond donors (Lipinski definition) is 0. The van der Waals surface area contributed by atoms with Crippen LogP contribution in [0.2, 0.25) is 0 Å². The van der Waals surface area contributed by atoms with Gasteiger partial charge in [0.2, 0.25) is 0 Å². The molecule has 0 spiro atoms. The van der Waals surface area contributed by atoms with Gasteiger partial charge in [0.15, 0.2) is 0 Å². The van der Waals surface area contributed by atoms with Crippen LogP contribution in [-0.4, -0.2) is 54.5 Å². The summed E-state index contributed by atoms with van der Waals surface area (Å²) in [5.41, 5.74) is -0.317. The van der Waals surface area contributed by atoms with Gasteiger partial charge in [-0.25, -0.2) is 0 Å². The third kappa shape index (κ3) is 5.57.